The van der Waals surface area contributed by atoms with Gasteiger partial charge in [-0.3, -0.25) is 0 Å². The molecule has 3 nitrogen and oxygen atoms in total. The van der Waals surface area contributed by atoms with E-state index >= 15 is 0 Å². The Labute approximate surface area is 101 Å². The summed E-state index contributed by atoms with van der Waals surface area (Å²) in [7, 11) is 1.53. The van der Waals surface area contributed by atoms with Gasteiger partial charge in [0.15, 0.2) is 11.5 Å². The van der Waals surface area contributed by atoms with Crippen LogP contribution in [0.25, 0.3) is 0 Å². The third kappa shape index (κ3) is 3.33. The summed E-state index contributed by atoms with van der Waals surface area (Å²) in [6.07, 6.45) is 0.116. The lowest BCUT2D eigenvalue weighted by molar-refractivity contribution is 0.173. The van der Waals surface area contributed by atoms with Gasteiger partial charge in [0, 0.05) is 0 Å². The van der Waals surface area contributed by atoms with Crippen molar-refractivity contribution in [3.8, 4) is 11.5 Å². The highest BCUT2D eigenvalue weighted by atomic mass is 19.1. The molecule has 0 unspecified atom stereocenters. The van der Waals surface area contributed by atoms with Gasteiger partial charge in [0.05, 0.1) is 13.2 Å². The van der Waals surface area contributed by atoms with Gasteiger partial charge in [0.25, 0.3) is 0 Å². The highest BCUT2D eigenvalue weighted by Gasteiger charge is 2.14. The van der Waals surface area contributed by atoms with Crippen molar-refractivity contribution in [1.29, 1.82) is 0 Å². The van der Waals surface area contributed by atoms with Gasteiger partial charge in [-0.1, -0.05) is 6.92 Å². The molecule has 0 aliphatic heterocycles. The first kappa shape index (κ1) is 13.8. The molecule has 4 heteroatoms. The van der Waals surface area contributed by atoms with Crippen molar-refractivity contribution in [2.75, 3.05) is 20.4 Å². The number of hydrogen-bond acceptors (Lipinski definition) is 3. The maximum Gasteiger partial charge on any atom is 0.164 e. The minimum absolute atomic E-state index is 0.00682. The minimum atomic E-state index is -0.540. The SMILES string of the molecule is CC[C@H](O)c1cc(C)c(OCCF)c(OC)c1. The van der Waals surface area contributed by atoms with E-state index in [0.29, 0.717) is 17.9 Å². The lowest BCUT2D eigenvalue weighted by Gasteiger charge is -2.16. The number of benzene rings is 1. The highest BCUT2D eigenvalue weighted by Crippen LogP contribution is 2.34. The summed E-state index contributed by atoms with van der Waals surface area (Å²) in [5.41, 5.74) is 1.62. The van der Waals surface area contributed by atoms with E-state index in [0.717, 1.165) is 11.1 Å². The molecule has 0 bridgehead atoms. The van der Waals surface area contributed by atoms with Crippen LogP contribution in [0, 0.1) is 6.92 Å². The second-order valence-corrected chi connectivity index (χ2v) is 3.83. The predicted molar refractivity (Wildman–Crippen MR) is 64.5 cm³/mol. The quantitative estimate of drug-likeness (QED) is 0.833. The zero-order valence-electron chi connectivity index (χ0n) is 10.5. The molecule has 0 aliphatic carbocycles. The number of halogens is 1. The monoisotopic (exact) mass is 242 g/mol. The van der Waals surface area contributed by atoms with Gasteiger partial charge in [0.2, 0.25) is 0 Å². The van der Waals surface area contributed by atoms with Crippen LogP contribution in [0.3, 0.4) is 0 Å². The Balaban J connectivity index is 3.07. The third-order valence-electron chi connectivity index (χ3n) is 2.58. The Kier molecular flexibility index (Phi) is 5.22. The van der Waals surface area contributed by atoms with Gasteiger partial charge in [-0.2, -0.15) is 0 Å². The maximum atomic E-state index is 12.1. The van der Waals surface area contributed by atoms with Crippen LogP contribution in [0.1, 0.15) is 30.6 Å². The number of methoxy groups -OCH3 is 1. The first-order valence-corrected chi connectivity index (χ1v) is 5.69. The normalized spacial score (nSPS) is 12.3. The summed E-state index contributed by atoms with van der Waals surface area (Å²) in [4.78, 5) is 0. The van der Waals surface area contributed by atoms with Crippen molar-refractivity contribution in [3.63, 3.8) is 0 Å². The van der Waals surface area contributed by atoms with E-state index < -0.39 is 12.8 Å². The summed E-state index contributed by atoms with van der Waals surface area (Å²) >= 11 is 0. The van der Waals surface area contributed by atoms with Crippen LogP contribution < -0.4 is 9.47 Å². The van der Waals surface area contributed by atoms with Crippen LogP contribution in [-0.2, 0) is 0 Å². The molecule has 17 heavy (non-hydrogen) atoms. The molecular weight excluding hydrogens is 223 g/mol. The number of rotatable bonds is 6. The van der Waals surface area contributed by atoms with Gasteiger partial charge in [-0.15, -0.1) is 0 Å². The molecule has 0 amide bonds. The molecule has 0 aliphatic rings. The molecule has 1 aromatic carbocycles. The maximum absolute atomic E-state index is 12.1. The summed E-state index contributed by atoms with van der Waals surface area (Å²) in [6, 6.07) is 3.57. The van der Waals surface area contributed by atoms with Crippen LogP contribution in [-0.4, -0.2) is 25.5 Å². The summed E-state index contributed by atoms with van der Waals surface area (Å²) < 4.78 is 22.6. The van der Waals surface area contributed by atoms with E-state index in [1.165, 1.54) is 7.11 Å². The smallest absolute Gasteiger partial charge is 0.164 e. The molecule has 0 heterocycles. The van der Waals surface area contributed by atoms with Gasteiger partial charge < -0.3 is 14.6 Å². The topological polar surface area (TPSA) is 38.7 Å². The largest absolute Gasteiger partial charge is 0.493 e. The Morgan fingerprint density at radius 3 is 2.65 bits per heavy atom. The van der Waals surface area contributed by atoms with E-state index in [-0.39, 0.29) is 6.61 Å². The first-order chi connectivity index (χ1) is 8.13. The fourth-order valence-electron chi connectivity index (χ4n) is 1.67. The number of aliphatic hydroxyl groups excluding tert-OH is 1. The Morgan fingerprint density at radius 1 is 1.41 bits per heavy atom. The molecule has 0 radical (unpaired) electrons. The average Bonchev–Trinajstić information content (AvgIpc) is 2.35. The standard InChI is InChI=1S/C13H19FO3/c1-4-11(15)10-7-9(2)13(17-6-5-14)12(8-10)16-3/h7-8,11,15H,4-6H2,1-3H3/t11-/m0/s1. The molecule has 0 spiro atoms. The number of aliphatic hydroxyl groups is 1. The summed E-state index contributed by atoms with van der Waals surface area (Å²) in [5, 5.41) is 9.78. The molecular formula is C13H19FO3. The Hall–Kier alpha value is -1.29. The lowest BCUT2D eigenvalue weighted by atomic mass is 10.0. The van der Waals surface area contributed by atoms with Crippen molar-refractivity contribution < 1.29 is 19.0 Å². The van der Waals surface area contributed by atoms with E-state index in [1.54, 1.807) is 6.07 Å². The number of hydrogen-bond donors (Lipinski definition) is 1. The minimum Gasteiger partial charge on any atom is -0.493 e. The molecule has 0 saturated heterocycles. The predicted octanol–water partition coefficient (Wildman–Crippen LogP) is 2.80. The van der Waals surface area contributed by atoms with Crippen molar-refractivity contribution in [2.24, 2.45) is 0 Å². The van der Waals surface area contributed by atoms with Crippen molar-refractivity contribution in [2.45, 2.75) is 26.4 Å². The van der Waals surface area contributed by atoms with Crippen molar-refractivity contribution >= 4 is 0 Å². The number of ether oxygens (including phenoxy) is 2. The second kappa shape index (κ2) is 6.45. The van der Waals surface area contributed by atoms with Crippen molar-refractivity contribution in [3.05, 3.63) is 23.3 Å². The van der Waals surface area contributed by atoms with Crippen LogP contribution >= 0.6 is 0 Å². The van der Waals surface area contributed by atoms with Crippen LogP contribution in [0.5, 0.6) is 11.5 Å². The van der Waals surface area contributed by atoms with E-state index in [1.807, 2.05) is 19.9 Å². The molecule has 1 N–H and O–H groups in total. The fourth-order valence-corrected chi connectivity index (χ4v) is 1.67. The fraction of sp³-hybridized carbons (Fsp3) is 0.538. The van der Waals surface area contributed by atoms with E-state index in [9.17, 15) is 9.50 Å². The van der Waals surface area contributed by atoms with Crippen LogP contribution in [0.2, 0.25) is 0 Å². The molecule has 96 valence electrons. The van der Waals surface area contributed by atoms with Crippen LogP contribution in [0.4, 0.5) is 4.39 Å². The van der Waals surface area contributed by atoms with Crippen LogP contribution in [0.15, 0.2) is 12.1 Å². The molecule has 0 saturated carbocycles. The Morgan fingerprint density at radius 2 is 2.12 bits per heavy atom. The molecule has 0 fully saturated rings. The zero-order valence-corrected chi connectivity index (χ0v) is 10.5. The second-order valence-electron chi connectivity index (χ2n) is 3.83. The van der Waals surface area contributed by atoms with Gasteiger partial charge in [-0.05, 0) is 36.6 Å². The molecule has 0 aromatic heterocycles. The first-order valence-electron chi connectivity index (χ1n) is 5.69. The van der Waals surface area contributed by atoms with Crippen molar-refractivity contribution in [1.82, 2.24) is 0 Å². The zero-order chi connectivity index (χ0) is 12.8. The molecule has 1 rings (SSSR count). The number of aryl methyl sites for hydroxylation is 1. The Bertz CT molecular complexity index is 366. The average molecular weight is 242 g/mol. The van der Waals surface area contributed by atoms with E-state index in [2.05, 4.69) is 0 Å². The highest BCUT2D eigenvalue weighted by molar-refractivity contribution is 5.49. The van der Waals surface area contributed by atoms with E-state index in [4.69, 9.17) is 9.47 Å². The molecule has 1 atom stereocenters. The summed E-state index contributed by atoms with van der Waals surface area (Å²) in [6.45, 7) is 3.22. The molecule has 1 aromatic rings. The van der Waals surface area contributed by atoms with Gasteiger partial charge in [0.1, 0.15) is 13.3 Å². The van der Waals surface area contributed by atoms with Gasteiger partial charge in [-0.25, -0.2) is 4.39 Å². The van der Waals surface area contributed by atoms with Gasteiger partial charge >= 0.3 is 0 Å². The summed E-state index contributed by atoms with van der Waals surface area (Å²) in [5.74, 6) is 1.07. The third-order valence-corrected chi connectivity index (χ3v) is 2.58. The lowest BCUT2D eigenvalue weighted by Crippen LogP contribution is -2.04. The number of alkyl halides is 1.